The Morgan fingerprint density at radius 1 is 1.53 bits per heavy atom. The lowest BCUT2D eigenvalue weighted by molar-refractivity contribution is -0.127. The highest BCUT2D eigenvalue weighted by Gasteiger charge is 2.36. The first-order valence-electron chi connectivity index (χ1n) is 6.95. The third-order valence-corrected chi connectivity index (χ3v) is 3.87. The summed E-state index contributed by atoms with van der Waals surface area (Å²) < 4.78 is 0. The summed E-state index contributed by atoms with van der Waals surface area (Å²) in [5.74, 6) is -0.0768. The second-order valence-electron chi connectivity index (χ2n) is 6.78. The van der Waals surface area contributed by atoms with Crippen LogP contribution < -0.4 is 5.32 Å². The first-order chi connectivity index (χ1) is 8.59. The molecule has 1 aliphatic rings. The lowest BCUT2D eigenvalue weighted by atomic mass is 9.72. The van der Waals surface area contributed by atoms with E-state index in [-0.39, 0.29) is 11.8 Å². The minimum Gasteiger partial charge on any atom is -0.389 e. The Morgan fingerprint density at radius 3 is 2.58 bits per heavy atom. The van der Waals surface area contributed by atoms with E-state index in [0.717, 1.165) is 30.5 Å². The molecule has 0 aromatic carbocycles. The fraction of sp³-hybridized carbons (Fsp3) is 0.688. The van der Waals surface area contributed by atoms with E-state index in [9.17, 15) is 9.90 Å². The molecule has 0 heterocycles. The van der Waals surface area contributed by atoms with Crippen LogP contribution in [0, 0.1) is 11.3 Å². The number of nitrogens with one attached hydrogen (secondary N) is 1. The zero-order valence-electron chi connectivity index (χ0n) is 12.8. The minimum absolute atomic E-state index is 0.00512. The lowest BCUT2D eigenvalue weighted by Gasteiger charge is -2.38. The van der Waals surface area contributed by atoms with E-state index in [1.807, 2.05) is 34.6 Å². The van der Waals surface area contributed by atoms with Gasteiger partial charge >= 0.3 is 0 Å². The van der Waals surface area contributed by atoms with Crippen molar-refractivity contribution in [3.63, 3.8) is 0 Å². The van der Waals surface area contributed by atoms with Gasteiger partial charge in [-0.05, 0) is 38.7 Å². The lowest BCUT2D eigenvalue weighted by Crippen LogP contribution is -2.40. The molecule has 3 nitrogen and oxygen atoms in total. The van der Waals surface area contributed by atoms with Gasteiger partial charge in [-0.3, -0.25) is 4.79 Å². The van der Waals surface area contributed by atoms with E-state index in [2.05, 4.69) is 11.9 Å². The zero-order valence-corrected chi connectivity index (χ0v) is 12.8. The highest BCUT2D eigenvalue weighted by atomic mass is 16.3. The van der Waals surface area contributed by atoms with Crippen LogP contribution >= 0.6 is 0 Å². The molecule has 1 saturated carbocycles. The first-order valence-corrected chi connectivity index (χ1v) is 6.95. The minimum atomic E-state index is -0.761. The number of rotatable bonds is 2. The number of allylic oxidation sites excluding steroid dienone is 1. The normalized spacial score (nSPS) is 30.7. The van der Waals surface area contributed by atoms with Gasteiger partial charge in [0.05, 0.1) is 5.60 Å². The molecule has 0 aliphatic heterocycles. The predicted octanol–water partition coefficient (Wildman–Crippen LogP) is 3.16. The number of carbonyl (C=O) groups excluding carboxylic acids is 1. The topological polar surface area (TPSA) is 49.3 Å². The van der Waals surface area contributed by atoms with E-state index < -0.39 is 11.0 Å². The Morgan fingerprint density at radius 2 is 2.11 bits per heavy atom. The average molecular weight is 265 g/mol. The van der Waals surface area contributed by atoms with Crippen molar-refractivity contribution in [3.05, 3.63) is 23.9 Å². The largest absolute Gasteiger partial charge is 0.389 e. The van der Waals surface area contributed by atoms with Crippen LogP contribution in [0.15, 0.2) is 23.9 Å². The highest BCUT2D eigenvalue weighted by molar-refractivity contribution is 5.83. The first kappa shape index (κ1) is 16.0. The summed E-state index contributed by atoms with van der Waals surface area (Å²) in [7, 11) is 0. The van der Waals surface area contributed by atoms with Gasteiger partial charge in [0, 0.05) is 17.0 Å². The summed E-state index contributed by atoms with van der Waals surface area (Å²) in [4.78, 5) is 12.0. The van der Waals surface area contributed by atoms with E-state index in [4.69, 9.17) is 0 Å². The third kappa shape index (κ3) is 3.69. The third-order valence-electron chi connectivity index (χ3n) is 3.87. The summed E-state index contributed by atoms with van der Waals surface area (Å²) >= 11 is 0. The van der Waals surface area contributed by atoms with Crippen molar-refractivity contribution < 1.29 is 9.90 Å². The molecule has 19 heavy (non-hydrogen) atoms. The van der Waals surface area contributed by atoms with Crippen LogP contribution in [0.3, 0.4) is 0 Å². The number of amides is 1. The molecule has 1 rings (SSSR count). The Balaban J connectivity index is 3.00. The molecule has 1 amide bonds. The van der Waals surface area contributed by atoms with Gasteiger partial charge in [0.2, 0.25) is 5.91 Å². The maximum absolute atomic E-state index is 12.0. The highest BCUT2D eigenvalue weighted by Crippen LogP contribution is 2.39. The summed E-state index contributed by atoms with van der Waals surface area (Å²) in [6, 6.07) is 0. The van der Waals surface area contributed by atoms with Crippen LogP contribution in [0.1, 0.15) is 53.9 Å². The van der Waals surface area contributed by atoms with E-state index in [1.54, 1.807) is 6.08 Å². The smallest absolute Gasteiger partial charge is 0.229 e. The standard InChI is InChI=1S/C16H27NO2/c1-7-13-12(9-8-10-16(13,6)19)11(2)17-14(18)15(3,4)5/h7,13,19H,1,8-10H2,2-6H3,(H,17,18)/b12-11+/t13-,16+/m1/s1. The van der Waals surface area contributed by atoms with Gasteiger partial charge in [-0.25, -0.2) is 0 Å². The molecular weight excluding hydrogens is 238 g/mol. The summed E-state index contributed by atoms with van der Waals surface area (Å²) in [6.07, 6.45) is 4.41. The molecule has 0 saturated heterocycles. The van der Waals surface area contributed by atoms with Gasteiger partial charge in [-0.1, -0.05) is 26.8 Å². The van der Waals surface area contributed by atoms with Crippen LogP contribution in [0.5, 0.6) is 0 Å². The quantitative estimate of drug-likeness (QED) is 0.753. The maximum Gasteiger partial charge on any atom is 0.229 e. The Bertz CT molecular complexity index is 399. The molecule has 2 N–H and O–H groups in total. The molecule has 0 aromatic rings. The Hall–Kier alpha value is -1.09. The van der Waals surface area contributed by atoms with Crippen LogP contribution in [0.25, 0.3) is 0 Å². The van der Waals surface area contributed by atoms with Crippen molar-refractivity contribution in [2.75, 3.05) is 0 Å². The molecule has 1 fully saturated rings. The molecule has 108 valence electrons. The number of carbonyl (C=O) groups is 1. The molecule has 0 radical (unpaired) electrons. The van der Waals surface area contributed by atoms with Crippen LogP contribution in [0.2, 0.25) is 0 Å². The molecule has 3 heteroatoms. The van der Waals surface area contributed by atoms with Crippen LogP contribution in [-0.2, 0) is 4.79 Å². The summed E-state index contributed by atoms with van der Waals surface area (Å²) in [5, 5.41) is 13.4. The maximum atomic E-state index is 12.0. The van der Waals surface area contributed by atoms with E-state index in [1.165, 1.54) is 0 Å². The fourth-order valence-corrected chi connectivity index (χ4v) is 2.58. The molecule has 1 aliphatic carbocycles. The molecular formula is C16H27NO2. The second kappa shape index (κ2) is 5.49. The van der Waals surface area contributed by atoms with Gasteiger partial charge in [0.25, 0.3) is 0 Å². The van der Waals surface area contributed by atoms with Gasteiger partial charge < -0.3 is 10.4 Å². The Kier molecular flexibility index (Phi) is 4.62. The fourth-order valence-electron chi connectivity index (χ4n) is 2.58. The molecule has 0 bridgehead atoms. The number of hydrogen-bond donors (Lipinski definition) is 2. The van der Waals surface area contributed by atoms with Crippen molar-refractivity contribution in [1.82, 2.24) is 5.32 Å². The van der Waals surface area contributed by atoms with Crippen molar-refractivity contribution in [2.45, 2.75) is 59.5 Å². The van der Waals surface area contributed by atoms with E-state index in [0.29, 0.717) is 0 Å². The monoisotopic (exact) mass is 265 g/mol. The van der Waals surface area contributed by atoms with Crippen LogP contribution in [0.4, 0.5) is 0 Å². The molecule has 0 spiro atoms. The Labute approximate surface area is 116 Å². The molecule has 0 unspecified atom stereocenters. The summed E-state index contributed by atoms with van der Waals surface area (Å²) in [6.45, 7) is 13.3. The zero-order chi connectivity index (χ0) is 14.8. The second-order valence-corrected chi connectivity index (χ2v) is 6.78. The van der Waals surface area contributed by atoms with Gasteiger partial charge in [0.15, 0.2) is 0 Å². The van der Waals surface area contributed by atoms with Gasteiger partial charge in [-0.2, -0.15) is 0 Å². The van der Waals surface area contributed by atoms with Gasteiger partial charge in [-0.15, -0.1) is 6.58 Å². The SMILES string of the molecule is C=C[C@@H]1/C(=C(\C)NC(=O)C(C)(C)C)CCC[C@]1(C)O. The predicted molar refractivity (Wildman–Crippen MR) is 78.5 cm³/mol. The van der Waals surface area contributed by atoms with Crippen molar-refractivity contribution in [1.29, 1.82) is 0 Å². The van der Waals surface area contributed by atoms with Crippen LogP contribution in [-0.4, -0.2) is 16.6 Å². The van der Waals surface area contributed by atoms with E-state index >= 15 is 0 Å². The van der Waals surface area contributed by atoms with Gasteiger partial charge in [0.1, 0.15) is 0 Å². The number of aliphatic hydroxyl groups is 1. The van der Waals surface area contributed by atoms with Crippen molar-refractivity contribution in [2.24, 2.45) is 11.3 Å². The summed E-state index contributed by atoms with van der Waals surface area (Å²) in [5.41, 5.74) is 0.791. The molecule has 2 atom stereocenters. The van der Waals surface area contributed by atoms with Crippen molar-refractivity contribution in [3.8, 4) is 0 Å². The van der Waals surface area contributed by atoms with Crippen molar-refractivity contribution >= 4 is 5.91 Å². The molecule has 0 aromatic heterocycles. The average Bonchev–Trinajstić information content (AvgIpc) is 2.25. The number of hydrogen-bond acceptors (Lipinski definition) is 2.